The number of benzene rings is 2. The summed E-state index contributed by atoms with van der Waals surface area (Å²) in [7, 11) is 0. The molecule has 0 unspecified atom stereocenters. The lowest BCUT2D eigenvalue weighted by Crippen LogP contribution is -2.49. The maximum Gasteiger partial charge on any atom is 0.273 e. The van der Waals surface area contributed by atoms with Crippen molar-refractivity contribution in [2.75, 3.05) is 0 Å². The molecule has 1 saturated carbocycles. The summed E-state index contributed by atoms with van der Waals surface area (Å²) in [6, 6.07) is 11.9. The molecule has 0 bridgehead atoms. The zero-order chi connectivity index (χ0) is 22.1. The van der Waals surface area contributed by atoms with Gasteiger partial charge in [-0.15, -0.1) is 0 Å². The molecule has 0 radical (unpaired) electrons. The number of hydrazine groups is 1. The van der Waals surface area contributed by atoms with Gasteiger partial charge in [-0.1, -0.05) is 36.6 Å². The van der Waals surface area contributed by atoms with Crippen LogP contribution in [0.5, 0.6) is 0 Å². The zero-order valence-corrected chi connectivity index (χ0v) is 17.3. The Morgan fingerprint density at radius 3 is 2.06 bits per heavy atom. The predicted octanol–water partition coefficient (Wildman–Crippen LogP) is 3.98. The van der Waals surface area contributed by atoms with Gasteiger partial charge in [0, 0.05) is 22.7 Å². The van der Waals surface area contributed by atoms with Gasteiger partial charge in [0.15, 0.2) is 0 Å². The van der Waals surface area contributed by atoms with E-state index in [0.717, 1.165) is 22.9 Å². The molecule has 0 aromatic heterocycles. The van der Waals surface area contributed by atoms with Gasteiger partial charge in [-0.25, -0.2) is 5.01 Å². The van der Waals surface area contributed by atoms with E-state index >= 15 is 0 Å². The summed E-state index contributed by atoms with van der Waals surface area (Å²) in [5.74, 6) is -2.05. The van der Waals surface area contributed by atoms with E-state index < -0.39 is 22.7 Å². The van der Waals surface area contributed by atoms with Gasteiger partial charge in [0.2, 0.25) is 0 Å². The Labute approximate surface area is 183 Å². The summed E-state index contributed by atoms with van der Waals surface area (Å²) < 4.78 is 0. The fourth-order valence-electron chi connectivity index (χ4n) is 4.25. The Morgan fingerprint density at radius 1 is 1.00 bits per heavy atom. The highest BCUT2D eigenvalue weighted by Gasteiger charge is 2.51. The van der Waals surface area contributed by atoms with Crippen molar-refractivity contribution >= 4 is 35.0 Å². The molecule has 2 fully saturated rings. The van der Waals surface area contributed by atoms with Crippen LogP contribution in [0.25, 0.3) is 0 Å². The van der Waals surface area contributed by atoms with Crippen LogP contribution >= 0.6 is 11.6 Å². The number of hydrogen-bond acceptors (Lipinski definition) is 5. The van der Waals surface area contributed by atoms with Crippen LogP contribution in [0.15, 0.2) is 48.5 Å². The maximum atomic E-state index is 13.3. The fourth-order valence-corrected chi connectivity index (χ4v) is 4.38. The number of carbonyl (C=O) groups excluding carboxylic acids is 3. The second kappa shape index (κ2) is 8.47. The molecule has 9 heteroatoms. The van der Waals surface area contributed by atoms with Crippen molar-refractivity contribution in [1.29, 1.82) is 0 Å². The Morgan fingerprint density at radius 2 is 1.55 bits per heavy atom. The van der Waals surface area contributed by atoms with Gasteiger partial charge in [-0.2, -0.15) is 5.01 Å². The van der Waals surface area contributed by atoms with Crippen LogP contribution in [0.3, 0.4) is 0 Å². The van der Waals surface area contributed by atoms with E-state index in [4.69, 9.17) is 11.6 Å². The molecule has 2 aromatic carbocycles. The molecule has 1 aliphatic carbocycles. The highest BCUT2D eigenvalue weighted by molar-refractivity contribution is 6.30. The summed E-state index contributed by atoms with van der Waals surface area (Å²) in [4.78, 5) is 50.0. The van der Waals surface area contributed by atoms with Crippen molar-refractivity contribution in [2.45, 2.75) is 32.2 Å². The maximum absolute atomic E-state index is 13.3. The number of nitro benzene ring substituents is 1. The number of fused-ring (bicyclic) bond motifs is 1. The molecule has 3 amide bonds. The number of rotatable bonds is 5. The first-order chi connectivity index (χ1) is 14.9. The SMILES string of the molecule is O=C(c1ccc(Cl)cc1)N(Cc1ccc([N+](=O)[O-])cc1)N1C(=O)[C@@H]2CCCC[C@H]2C1=O. The Balaban J connectivity index is 1.69. The zero-order valence-electron chi connectivity index (χ0n) is 16.6. The molecule has 8 nitrogen and oxygen atoms in total. The van der Waals surface area contributed by atoms with Gasteiger partial charge in [-0.05, 0) is 42.7 Å². The van der Waals surface area contributed by atoms with Crippen molar-refractivity contribution < 1.29 is 19.3 Å². The Kier molecular flexibility index (Phi) is 5.73. The number of hydrogen-bond donors (Lipinski definition) is 0. The highest BCUT2D eigenvalue weighted by Crippen LogP contribution is 2.39. The average Bonchev–Trinajstić information content (AvgIpc) is 3.03. The van der Waals surface area contributed by atoms with Gasteiger partial charge >= 0.3 is 0 Å². The van der Waals surface area contributed by atoms with Crippen molar-refractivity contribution in [2.24, 2.45) is 11.8 Å². The number of nitro groups is 1. The Hall–Kier alpha value is -3.26. The summed E-state index contributed by atoms with van der Waals surface area (Å²) >= 11 is 5.92. The number of halogens is 1. The monoisotopic (exact) mass is 441 g/mol. The van der Waals surface area contributed by atoms with Crippen molar-refractivity contribution in [1.82, 2.24) is 10.0 Å². The lowest BCUT2D eigenvalue weighted by Gasteiger charge is -2.30. The van der Waals surface area contributed by atoms with Crippen LogP contribution in [0.2, 0.25) is 5.02 Å². The minimum absolute atomic E-state index is 0.0730. The van der Waals surface area contributed by atoms with E-state index in [1.54, 1.807) is 12.1 Å². The summed E-state index contributed by atoms with van der Waals surface area (Å²) in [5, 5.41) is 13.5. The van der Waals surface area contributed by atoms with Crippen LogP contribution in [-0.2, 0) is 16.1 Å². The third-order valence-corrected chi connectivity index (χ3v) is 6.12. The molecule has 4 rings (SSSR count). The normalized spacial score (nSPS) is 20.5. The molecule has 1 saturated heterocycles. The second-order valence-electron chi connectivity index (χ2n) is 7.78. The quantitative estimate of drug-likeness (QED) is 0.397. The lowest BCUT2D eigenvalue weighted by atomic mass is 9.81. The smallest absolute Gasteiger partial charge is 0.272 e. The molecule has 2 aliphatic rings. The minimum atomic E-state index is -0.518. The molecule has 1 aliphatic heterocycles. The van der Waals surface area contributed by atoms with Crippen LogP contribution < -0.4 is 0 Å². The standard InChI is InChI=1S/C22H20ClN3O5/c23-16-9-7-15(8-10-16)20(27)24(13-14-5-11-17(12-6-14)26(30)31)25-21(28)18-3-1-2-4-19(18)22(25)29/h5-12,18-19H,1-4,13H2/t18-,19-/m1/s1. The summed E-state index contributed by atoms with van der Waals surface area (Å²) in [6.07, 6.45) is 3.02. The van der Waals surface area contributed by atoms with E-state index in [1.807, 2.05) is 0 Å². The van der Waals surface area contributed by atoms with E-state index in [-0.39, 0.29) is 29.6 Å². The minimum Gasteiger partial charge on any atom is -0.272 e. The van der Waals surface area contributed by atoms with Crippen LogP contribution in [0.4, 0.5) is 5.69 Å². The summed E-state index contributed by atoms with van der Waals surface area (Å²) in [6.45, 7) is -0.0730. The highest BCUT2D eigenvalue weighted by atomic mass is 35.5. The molecule has 0 N–H and O–H groups in total. The molecular formula is C22H20ClN3O5. The molecule has 0 spiro atoms. The lowest BCUT2D eigenvalue weighted by molar-refractivity contribution is -0.384. The topological polar surface area (TPSA) is 101 Å². The van der Waals surface area contributed by atoms with Crippen molar-refractivity contribution in [3.63, 3.8) is 0 Å². The van der Waals surface area contributed by atoms with Crippen molar-refractivity contribution in [3.8, 4) is 0 Å². The molecule has 2 atom stereocenters. The van der Waals surface area contributed by atoms with Crippen LogP contribution in [0.1, 0.15) is 41.6 Å². The van der Waals surface area contributed by atoms with Gasteiger partial charge in [0.1, 0.15) is 0 Å². The van der Waals surface area contributed by atoms with E-state index in [2.05, 4.69) is 0 Å². The van der Waals surface area contributed by atoms with Crippen LogP contribution in [-0.4, -0.2) is 32.7 Å². The molecule has 31 heavy (non-hydrogen) atoms. The number of imide groups is 1. The predicted molar refractivity (Wildman–Crippen MR) is 112 cm³/mol. The van der Waals surface area contributed by atoms with E-state index in [1.165, 1.54) is 36.4 Å². The number of amides is 3. The van der Waals surface area contributed by atoms with Crippen LogP contribution in [0, 0.1) is 22.0 Å². The molecule has 160 valence electrons. The van der Waals surface area contributed by atoms with E-state index in [0.29, 0.717) is 23.4 Å². The number of carbonyl (C=O) groups is 3. The number of nitrogens with zero attached hydrogens (tertiary/aromatic N) is 3. The van der Waals surface area contributed by atoms with Gasteiger partial charge < -0.3 is 0 Å². The average molecular weight is 442 g/mol. The fraction of sp³-hybridized carbons (Fsp3) is 0.318. The summed E-state index contributed by atoms with van der Waals surface area (Å²) in [5.41, 5.74) is 0.754. The van der Waals surface area contributed by atoms with Crippen molar-refractivity contribution in [3.05, 3.63) is 74.8 Å². The second-order valence-corrected chi connectivity index (χ2v) is 8.22. The van der Waals surface area contributed by atoms with Gasteiger partial charge in [0.05, 0.1) is 23.3 Å². The first-order valence-electron chi connectivity index (χ1n) is 10.1. The number of non-ortho nitro benzene ring substituents is 1. The third-order valence-electron chi connectivity index (χ3n) is 5.86. The molecular weight excluding hydrogens is 422 g/mol. The first kappa shape index (κ1) is 21.0. The van der Waals surface area contributed by atoms with E-state index in [9.17, 15) is 24.5 Å². The largest absolute Gasteiger partial charge is 0.273 e. The Bertz CT molecular complexity index is 1010. The molecule has 2 aromatic rings. The van der Waals surface area contributed by atoms with Gasteiger partial charge in [0.25, 0.3) is 23.4 Å². The third kappa shape index (κ3) is 4.03. The first-order valence-corrected chi connectivity index (χ1v) is 10.4. The van der Waals surface area contributed by atoms with Gasteiger partial charge in [-0.3, -0.25) is 24.5 Å². The molecule has 1 heterocycles.